The molecule has 1 aliphatic rings. The molecule has 120 valence electrons. The van der Waals surface area contributed by atoms with E-state index >= 15 is 0 Å². The highest BCUT2D eigenvalue weighted by molar-refractivity contribution is 5.92. The Hall–Kier alpha value is -2.47. The van der Waals surface area contributed by atoms with Crippen LogP contribution in [0.4, 0.5) is 0 Å². The molecule has 6 nitrogen and oxygen atoms in total. The number of hydrogen-bond donors (Lipinski definition) is 1. The first-order chi connectivity index (χ1) is 11.1. The highest BCUT2D eigenvalue weighted by Crippen LogP contribution is 2.08. The van der Waals surface area contributed by atoms with E-state index < -0.39 is 0 Å². The van der Waals surface area contributed by atoms with Crippen LogP contribution in [0.25, 0.3) is 0 Å². The predicted molar refractivity (Wildman–Crippen MR) is 87.4 cm³/mol. The number of amides is 1. The second kappa shape index (κ2) is 6.75. The van der Waals surface area contributed by atoms with Crippen molar-refractivity contribution in [1.29, 1.82) is 0 Å². The lowest BCUT2D eigenvalue weighted by Gasteiger charge is -2.33. The molecular weight excluding hydrogens is 292 g/mol. The van der Waals surface area contributed by atoms with E-state index in [0.717, 1.165) is 18.7 Å². The summed E-state index contributed by atoms with van der Waals surface area (Å²) >= 11 is 0. The minimum atomic E-state index is -0.209. The summed E-state index contributed by atoms with van der Waals surface area (Å²) in [6.07, 6.45) is 0. The molecule has 0 aliphatic carbocycles. The Morgan fingerprint density at radius 3 is 2.78 bits per heavy atom. The number of hydrogen-bond acceptors (Lipinski definition) is 4. The summed E-state index contributed by atoms with van der Waals surface area (Å²) in [7, 11) is 0. The molecule has 0 saturated carbocycles. The lowest BCUT2D eigenvalue weighted by molar-refractivity contribution is 0.0647. The van der Waals surface area contributed by atoms with Crippen molar-refractivity contribution in [2.24, 2.45) is 0 Å². The van der Waals surface area contributed by atoms with Gasteiger partial charge in [-0.05, 0) is 18.6 Å². The normalized spacial score (nSPS) is 18.0. The molecule has 2 aromatic rings. The Morgan fingerprint density at radius 2 is 2.04 bits per heavy atom. The van der Waals surface area contributed by atoms with Crippen molar-refractivity contribution in [3.63, 3.8) is 0 Å². The van der Waals surface area contributed by atoms with Gasteiger partial charge in [-0.15, -0.1) is 0 Å². The zero-order valence-corrected chi connectivity index (χ0v) is 13.1. The van der Waals surface area contributed by atoms with E-state index in [-0.39, 0.29) is 17.5 Å². The van der Waals surface area contributed by atoms with Gasteiger partial charge in [0.2, 0.25) is 0 Å². The molecule has 1 fully saturated rings. The molecule has 23 heavy (non-hydrogen) atoms. The van der Waals surface area contributed by atoms with Crippen molar-refractivity contribution in [3.8, 4) is 0 Å². The van der Waals surface area contributed by atoms with E-state index in [1.807, 2.05) is 37.3 Å². The van der Waals surface area contributed by atoms with Crippen molar-refractivity contribution in [3.05, 3.63) is 64.1 Å². The topological polar surface area (TPSA) is 67.2 Å². The maximum Gasteiger partial charge on any atom is 0.274 e. The van der Waals surface area contributed by atoms with E-state index in [4.69, 9.17) is 0 Å². The Balaban J connectivity index is 1.85. The van der Waals surface area contributed by atoms with E-state index in [2.05, 4.69) is 10.4 Å². The molecule has 1 unspecified atom stereocenters. The van der Waals surface area contributed by atoms with E-state index in [1.54, 1.807) is 4.90 Å². The van der Waals surface area contributed by atoms with Crippen LogP contribution in [0.1, 0.15) is 23.0 Å². The quantitative estimate of drug-likeness (QED) is 0.907. The van der Waals surface area contributed by atoms with Gasteiger partial charge in [-0.1, -0.05) is 30.3 Å². The minimum Gasteiger partial charge on any atom is -0.332 e. The van der Waals surface area contributed by atoms with Crippen LogP contribution in [0.5, 0.6) is 0 Å². The average molecular weight is 312 g/mol. The fourth-order valence-corrected chi connectivity index (χ4v) is 2.72. The third-order valence-electron chi connectivity index (χ3n) is 4.02. The van der Waals surface area contributed by atoms with E-state index in [0.29, 0.717) is 18.8 Å². The van der Waals surface area contributed by atoms with Crippen LogP contribution in [0, 0.1) is 0 Å². The number of aromatic nitrogens is 2. The number of rotatable bonds is 3. The summed E-state index contributed by atoms with van der Waals surface area (Å²) < 4.78 is 1.34. The van der Waals surface area contributed by atoms with Gasteiger partial charge in [-0.2, -0.15) is 5.10 Å². The standard InChI is InChI=1S/C17H20N4O2/c1-13-11-18-9-10-20(13)17(23)15-7-8-16(22)21(19-15)12-14-5-3-2-4-6-14/h2-8,13,18H,9-12H2,1H3. The molecule has 0 spiro atoms. The van der Waals surface area contributed by atoms with Crippen molar-refractivity contribution in [2.45, 2.75) is 19.5 Å². The van der Waals surface area contributed by atoms with Crippen LogP contribution in [-0.4, -0.2) is 46.3 Å². The summed E-state index contributed by atoms with van der Waals surface area (Å²) in [4.78, 5) is 26.5. The van der Waals surface area contributed by atoms with E-state index in [9.17, 15) is 9.59 Å². The van der Waals surface area contributed by atoms with E-state index in [1.165, 1.54) is 16.8 Å². The van der Waals surface area contributed by atoms with Crippen LogP contribution in [0.2, 0.25) is 0 Å². The largest absolute Gasteiger partial charge is 0.332 e. The molecule has 1 atom stereocenters. The molecule has 1 aromatic heterocycles. The van der Waals surface area contributed by atoms with Crippen LogP contribution < -0.4 is 10.9 Å². The van der Waals surface area contributed by atoms with Crippen LogP contribution in [0.3, 0.4) is 0 Å². The van der Waals surface area contributed by atoms with Gasteiger partial charge in [-0.25, -0.2) is 4.68 Å². The smallest absolute Gasteiger partial charge is 0.274 e. The van der Waals surface area contributed by atoms with Gasteiger partial charge >= 0.3 is 0 Å². The number of nitrogens with zero attached hydrogens (tertiary/aromatic N) is 3. The van der Waals surface area contributed by atoms with Crippen molar-refractivity contribution >= 4 is 5.91 Å². The number of piperazine rings is 1. The Bertz CT molecular complexity index is 742. The minimum absolute atomic E-state index is 0.118. The second-order valence-electron chi connectivity index (χ2n) is 5.75. The maximum atomic E-state index is 12.6. The first kappa shape index (κ1) is 15.4. The monoisotopic (exact) mass is 312 g/mol. The molecular formula is C17H20N4O2. The predicted octanol–water partition coefficient (Wildman–Crippen LogP) is 0.725. The lowest BCUT2D eigenvalue weighted by atomic mass is 10.2. The van der Waals surface area contributed by atoms with Gasteiger partial charge in [0, 0.05) is 31.7 Å². The SMILES string of the molecule is CC1CNCCN1C(=O)c1ccc(=O)n(Cc2ccccc2)n1. The number of nitrogens with one attached hydrogen (secondary N) is 1. The summed E-state index contributed by atoms with van der Waals surface area (Å²) in [6, 6.07) is 12.7. The van der Waals surface area contributed by atoms with Gasteiger partial charge < -0.3 is 10.2 Å². The van der Waals surface area contributed by atoms with Gasteiger partial charge in [-0.3, -0.25) is 9.59 Å². The number of benzene rings is 1. The summed E-state index contributed by atoms with van der Waals surface area (Å²) in [5.41, 5.74) is 1.08. The first-order valence-electron chi connectivity index (χ1n) is 7.79. The Labute approximate surface area is 134 Å². The summed E-state index contributed by atoms with van der Waals surface area (Å²) in [6.45, 7) is 4.57. The molecule has 1 amide bonds. The zero-order chi connectivity index (χ0) is 16.2. The number of carbonyl (C=O) groups excluding carboxylic acids is 1. The molecule has 1 saturated heterocycles. The fraction of sp³-hybridized carbons (Fsp3) is 0.353. The maximum absolute atomic E-state index is 12.6. The molecule has 1 aliphatic heterocycles. The van der Waals surface area contributed by atoms with Gasteiger partial charge in [0.15, 0.2) is 0 Å². The highest BCUT2D eigenvalue weighted by atomic mass is 16.2. The average Bonchev–Trinajstić information content (AvgIpc) is 2.58. The first-order valence-corrected chi connectivity index (χ1v) is 7.79. The van der Waals surface area contributed by atoms with Crippen LogP contribution >= 0.6 is 0 Å². The van der Waals surface area contributed by atoms with Crippen LogP contribution in [0.15, 0.2) is 47.3 Å². The molecule has 6 heteroatoms. The third-order valence-corrected chi connectivity index (χ3v) is 4.02. The molecule has 0 radical (unpaired) electrons. The zero-order valence-electron chi connectivity index (χ0n) is 13.1. The molecule has 1 aromatic carbocycles. The summed E-state index contributed by atoms with van der Waals surface area (Å²) in [5, 5.41) is 7.52. The second-order valence-corrected chi connectivity index (χ2v) is 5.75. The van der Waals surface area contributed by atoms with Gasteiger partial charge in [0.05, 0.1) is 6.54 Å². The number of carbonyl (C=O) groups is 1. The molecule has 1 N–H and O–H groups in total. The van der Waals surface area contributed by atoms with Crippen molar-refractivity contribution in [2.75, 3.05) is 19.6 Å². The Morgan fingerprint density at radius 1 is 1.26 bits per heavy atom. The lowest BCUT2D eigenvalue weighted by Crippen LogP contribution is -2.52. The fourth-order valence-electron chi connectivity index (χ4n) is 2.72. The molecule has 0 bridgehead atoms. The van der Waals surface area contributed by atoms with Crippen LogP contribution in [-0.2, 0) is 6.54 Å². The van der Waals surface area contributed by atoms with Crippen molar-refractivity contribution in [1.82, 2.24) is 20.0 Å². The Kier molecular flexibility index (Phi) is 4.52. The van der Waals surface area contributed by atoms with Crippen molar-refractivity contribution < 1.29 is 4.79 Å². The summed E-state index contributed by atoms with van der Waals surface area (Å²) in [5.74, 6) is -0.124. The third kappa shape index (κ3) is 3.48. The van der Waals surface area contributed by atoms with Gasteiger partial charge in [0.25, 0.3) is 11.5 Å². The van der Waals surface area contributed by atoms with Gasteiger partial charge in [0.1, 0.15) is 5.69 Å². The molecule has 2 heterocycles. The highest BCUT2D eigenvalue weighted by Gasteiger charge is 2.25. The molecule has 3 rings (SSSR count).